The van der Waals surface area contributed by atoms with Crippen molar-refractivity contribution in [1.29, 1.82) is 0 Å². The van der Waals surface area contributed by atoms with Gasteiger partial charge in [-0.15, -0.1) is 12.4 Å². The highest BCUT2D eigenvalue weighted by Gasteiger charge is 2.36. The summed E-state index contributed by atoms with van der Waals surface area (Å²) in [6, 6.07) is 12.6. The zero-order valence-corrected chi connectivity index (χ0v) is 18.1. The largest absolute Gasteiger partial charge is 0.353 e. The molecule has 7 nitrogen and oxygen atoms in total. The molecule has 2 bridgehead atoms. The molecule has 31 heavy (non-hydrogen) atoms. The van der Waals surface area contributed by atoms with Crippen LogP contribution in [0.15, 0.2) is 47.3 Å². The average Bonchev–Trinajstić information content (AvgIpc) is 2.76. The van der Waals surface area contributed by atoms with E-state index in [0.717, 1.165) is 30.8 Å². The van der Waals surface area contributed by atoms with Crippen molar-refractivity contribution in [3.05, 3.63) is 69.6 Å². The van der Waals surface area contributed by atoms with E-state index in [9.17, 15) is 14.4 Å². The number of hydrogen-bond acceptors (Lipinski definition) is 4. The molecule has 4 heterocycles. The molecule has 2 amide bonds. The summed E-state index contributed by atoms with van der Waals surface area (Å²) >= 11 is 0. The number of benzene rings is 1. The second-order valence-corrected chi connectivity index (χ2v) is 8.54. The monoisotopic (exact) mass is 442 g/mol. The highest BCUT2D eigenvalue weighted by Crippen LogP contribution is 2.31. The number of rotatable bonds is 3. The van der Waals surface area contributed by atoms with Crippen LogP contribution in [0.25, 0.3) is 0 Å². The number of piperazine rings is 1. The van der Waals surface area contributed by atoms with E-state index in [1.165, 1.54) is 0 Å². The summed E-state index contributed by atoms with van der Waals surface area (Å²) in [7, 11) is 0. The maximum absolute atomic E-state index is 13.4. The lowest BCUT2D eigenvalue weighted by Crippen LogP contribution is -2.58. The van der Waals surface area contributed by atoms with Crippen molar-refractivity contribution in [3.8, 4) is 0 Å². The molecule has 0 unspecified atom stereocenters. The molecule has 8 heteroatoms. The minimum atomic E-state index is -0.613. The van der Waals surface area contributed by atoms with Gasteiger partial charge in [0.05, 0.1) is 0 Å². The van der Waals surface area contributed by atoms with E-state index in [2.05, 4.69) is 10.6 Å². The van der Waals surface area contributed by atoms with Gasteiger partial charge in [-0.1, -0.05) is 30.3 Å². The Kier molecular flexibility index (Phi) is 6.16. The number of nitrogens with one attached hydrogen (secondary N) is 2. The lowest BCUT2D eigenvalue weighted by molar-refractivity contribution is -0.127. The van der Waals surface area contributed by atoms with Gasteiger partial charge in [0.15, 0.2) is 0 Å². The number of piperidine rings is 1. The molecule has 0 aliphatic carbocycles. The average molecular weight is 443 g/mol. The van der Waals surface area contributed by atoms with Crippen LogP contribution in [0, 0.1) is 5.92 Å². The Bertz CT molecular complexity index is 1040. The Hall–Kier alpha value is -2.64. The van der Waals surface area contributed by atoms with Crippen LogP contribution in [-0.4, -0.2) is 53.5 Å². The maximum atomic E-state index is 13.4. The molecule has 0 spiro atoms. The molecule has 2 fully saturated rings. The Morgan fingerprint density at radius 2 is 1.87 bits per heavy atom. The molecule has 1 aromatic heterocycles. The summed E-state index contributed by atoms with van der Waals surface area (Å²) in [5, 5.41) is 6.29. The van der Waals surface area contributed by atoms with Gasteiger partial charge in [0.1, 0.15) is 11.6 Å². The van der Waals surface area contributed by atoms with E-state index in [4.69, 9.17) is 0 Å². The van der Waals surface area contributed by atoms with Gasteiger partial charge in [-0.2, -0.15) is 0 Å². The predicted octanol–water partition coefficient (Wildman–Crippen LogP) is 1.16. The highest BCUT2D eigenvalue weighted by atomic mass is 35.5. The van der Waals surface area contributed by atoms with E-state index in [0.29, 0.717) is 37.9 Å². The van der Waals surface area contributed by atoms with Crippen molar-refractivity contribution < 1.29 is 9.59 Å². The zero-order valence-electron chi connectivity index (χ0n) is 17.3. The molecular formula is C23H27ClN4O3. The summed E-state index contributed by atoms with van der Waals surface area (Å²) < 4.78 is 1.79. The first-order valence-corrected chi connectivity index (χ1v) is 10.7. The van der Waals surface area contributed by atoms with Gasteiger partial charge in [-0.25, -0.2) is 0 Å². The quantitative estimate of drug-likeness (QED) is 0.747. The van der Waals surface area contributed by atoms with Gasteiger partial charge in [0.2, 0.25) is 5.91 Å². The molecule has 5 rings (SSSR count). The number of carbonyl (C=O) groups is 2. The smallest absolute Gasteiger partial charge is 0.263 e. The van der Waals surface area contributed by atoms with Crippen molar-refractivity contribution in [2.24, 2.45) is 5.92 Å². The van der Waals surface area contributed by atoms with Gasteiger partial charge >= 0.3 is 0 Å². The first kappa shape index (κ1) is 21.6. The summed E-state index contributed by atoms with van der Waals surface area (Å²) in [6.45, 7) is 3.23. The van der Waals surface area contributed by atoms with Crippen LogP contribution < -0.4 is 16.2 Å². The third kappa shape index (κ3) is 4.00. The fourth-order valence-corrected chi connectivity index (χ4v) is 5.11. The molecule has 3 atom stereocenters. The first-order chi connectivity index (χ1) is 14.6. The number of halogens is 1. The summed E-state index contributed by atoms with van der Waals surface area (Å²) in [5.74, 6) is 0.226. The lowest BCUT2D eigenvalue weighted by Gasteiger charge is -2.38. The minimum Gasteiger partial charge on any atom is -0.353 e. The van der Waals surface area contributed by atoms with E-state index in [1.807, 2.05) is 36.4 Å². The van der Waals surface area contributed by atoms with Crippen molar-refractivity contribution >= 4 is 24.2 Å². The fraction of sp³-hybridized carbons (Fsp3) is 0.435. The molecule has 3 aliphatic heterocycles. The number of carbonyl (C=O) groups excluding carboxylic acids is 2. The number of nitrogens with zero attached hydrogens (tertiary/aromatic N) is 2. The highest BCUT2D eigenvalue weighted by molar-refractivity contribution is 5.98. The molecular weight excluding hydrogens is 416 g/mol. The summed E-state index contributed by atoms with van der Waals surface area (Å²) in [4.78, 5) is 40.9. The van der Waals surface area contributed by atoms with Gasteiger partial charge < -0.3 is 20.1 Å². The molecule has 164 valence electrons. The standard InChI is InChI=1S/C23H26N4O3.ClH/c28-21-20(11-15-4-2-1-3-5-15)26(9-8-25-21)22(29)18-6-7-19-17-10-16(12-24-13-17)14-27(19)23(18)30;/h1-7,16-17,20,24H,8-14H2,(H,25,28);1H/t16-,17+,20-;/m0./s1. The van der Waals surface area contributed by atoms with Crippen molar-refractivity contribution in [3.63, 3.8) is 0 Å². The molecule has 0 radical (unpaired) electrons. The Morgan fingerprint density at radius 3 is 2.68 bits per heavy atom. The van der Waals surface area contributed by atoms with Crippen molar-refractivity contribution in [1.82, 2.24) is 20.1 Å². The lowest BCUT2D eigenvalue weighted by atomic mass is 9.84. The second-order valence-electron chi connectivity index (χ2n) is 8.54. The number of aromatic nitrogens is 1. The first-order valence-electron chi connectivity index (χ1n) is 10.7. The van der Waals surface area contributed by atoms with Crippen LogP contribution in [0.4, 0.5) is 0 Å². The molecule has 3 aliphatic rings. The predicted molar refractivity (Wildman–Crippen MR) is 120 cm³/mol. The third-order valence-electron chi connectivity index (χ3n) is 6.60. The number of amides is 2. The van der Waals surface area contributed by atoms with Crippen LogP contribution >= 0.6 is 12.4 Å². The SMILES string of the molecule is Cl.O=C1NCCN(C(=O)c2ccc3n(c2=O)C[C@@H]2CNC[C@H]3C2)[C@H]1Cc1ccccc1. The number of hydrogen-bond donors (Lipinski definition) is 2. The zero-order chi connectivity index (χ0) is 20.7. The molecule has 1 aromatic carbocycles. The van der Waals surface area contributed by atoms with Crippen LogP contribution in [0.2, 0.25) is 0 Å². The van der Waals surface area contributed by atoms with Crippen LogP contribution in [0.3, 0.4) is 0 Å². The van der Waals surface area contributed by atoms with Gasteiger partial charge in [0.25, 0.3) is 11.5 Å². The van der Waals surface area contributed by atoms with E-state index >= 15 is 0 Å². The minimum absolute atomic E-state index is 0. The second kappa shape index (κ2) is 8.85. The summed E-state index contributed by atoms with van der Waals surface area (Å²) in [5.41, 5.74) is 1.94. The van der Waals surface area contributed by atoms with Crippen LogP contribution in [-0.2, 0) is 17.8 Å². The summed E-state index contributed by atoms with van der Waals surface area (Å²) in [6.07, 6.45) is 1.52. The molecule has 2 saturated heterocycles. The Morgan fingerprint density at radius 1 is 1.06 bits per heavy atom. The Labute approximate surface area is 187 Å². The fourth-order valence-electron chi connectivity index (χ4n) is 5.11. The molecule has 2 N–H and O–H groups in total. The number of pyridine rings is 1. The van der Waals surface area contributed by atoms with Gasteiger partial charge in [-0.3, -0.25) is 14.4 Å². The maximum Gasteiger partial charge on any atom is 0.263 e. The van der Waals surface area contributed by atoms with Crippen LogP contribution in [0.1, 0.15) is 34.0 Å². The van der Waals surface area contributed by atoms with E-state index in [1.54, 1.807) is 15.5 Å². The molecule has 0 saturated carbocycles. The van der Waals surface area contributed by atoms with E-state index < -0.39 is 6.04 Å². The van der Waals surface area contributed by atoms with Crippen molar-refractivity contribution in [2.45, 2.75) is 31.3 Å². The normalized spacial score (nSPS) is 24.6. The number of fused-ring (bicyclic) bond motifs is 4. The van der Waals surface area contributed by atoms with Crippen molar-refractivity contribution in [2.75, 3.05) is 26.2 Å². The van der Waals surface area contributed by atoms with E-state index in [-0.39, 0.29) is 35.3 Å². The third-order valence-corrected chi connectivity index (χ3v) is 6.60. The molecule has 2 aromatic rings. The Balaban J connectivity index is 0.00000231. The van der Waals surface area contributed by atoms with Gasteiger partial charge in [0, 0.05) is 44.2 Å². The van der Waals surface area contributed by atoms with Gasteiger partial charge in [-0.05, 0) is 36.6 Å². The van der Waals surface area contributed by atoms with Crippen LogP contribution in [0.5, 0.6) is 0 Å². The topological polar surface area (TPSA) is 83.4 Å².